The quantitative estimate of drug-likeness (QED) is 0.0994. The molecule has 3 aromatic carbocycles. The molecule has 0 unspecified atom stereocenters. The number of aryl methyl sites for hydroxylation is 1. The summed E-state index contributed by atoms with van der Waals surface area (Å²) in [5.74, 6) is 0.951. The molecule has 0 spiro atoms. The number of benzene rings is 3. The van der Waals surface area contributed by atoms with Gasteiger partial charge in [0.25, 0.3) is 11.2 Å². The van der Waals surface area contributed by atoms with E-state index in [0.717, 1.165) is 68.4 Å². The van der Waals surface area contributed by atoms with Crippen molar-refractivity contribution in [2.24, 2.45) is 5.10 Å². The van der Waals surface area contributed by atoms with Crippen molar-refractivity contribution in [2.75, 3.05) is 0 Å². The minimum atomic E-state index is -0.393. The van der Waals surface area contributed by atoms with Crippen LogP contribution in [-0.4, -0.2) is 25.4 Å². The minimum Gasteiger partial charge on any atom is -0.318 e. The molecule has 218 valence electrons. The lowest BCUT2D eigenvalue weighted by Crippen LogP contribution is -2.25. The molecule has 6 rings (SSSR count). The summed E-state index contributed by atoms with van der Waals surface area (Å²) in [6.45, 7) is 4.10. The van der Waals surface area contributed by atoms with Crippen molar-refractivity contribution in [1.82, 2.24) is 14.2 Å². The Kier molecular flexibility index (Phi) is 8.32. The summed E-state index contributed by atoms with van der Waals surface area (Å²) in [6, 6.07) is 22.5. The molecule has 10 heteroatoms. The Morgan fingerprint density at radius 3 is 2.33 bits per heavy atom. The van der Waals surface area contributed by atoms with E-state index in [9.17, 15) is 14.9 Å². The normalized spacial score (nSPS) is 14.1. The topological polar surface area (TPSA) is 95.3 Å². The number of hydrogen-bond acceptors (Lipinski definition) is 6. The van der Waals surface area contributed by atoms with Gasteiger partial charge in [0.15, 0.2) is 0 Å². The first-order valence-electron chi connectivity index (χ1n) is 14.3. The molecule has 0 N–H and O–H groups in total. The van der Waals surface area contributed by atoms with Crippen LogP contribution in [0.25, 0.3) is 16.6 Å². The molecule has 1 aliphatic rings. The van der Waals surface area contributed by atoms with Gasteiger partial charge in [-0.05, 0) is 87.4 Å². The summed E-state index contributed by atoms with van der Waals surface area (Å²) in [6.07, 6.45) is 7.28. The van der Waals surface area contributed by atoms with E-state index in [1.54, 1.807) is 30.1 Å². The molecule has 5 aromatic rings. The average molecular weight is 657 g/mol. The fraction of sp³-hybridized carbons (Fsp3) is 0.242. The third-order valence-corrected chi connectivity index (χ3v) is 9.47. The van der Waals surface area contributed by atoms with Crippen LogP contribution < -0.4 is 5.56 Å². The first-order valence-corrected chi connectivity index (χ1v) is 15.9. The molecular formula is C33H30BrN5O3S. The number of aromatic nitrogens is 3. The van der Waals surface area contributed by atoms with Crippen LogP contribution in [0.3, 0.4) is 0 Å². The molecule has 43 heavy (non-hydrogen) atoms. The largest absolute Gasteiger partial charge is 0.318 e. The van der Waals surface area contributed by atoms with Gasteiger partial charge in [-0.3, -0.25) is 14.9 Å². The van der Waals surface area contributed by atoms with Crippen LogP contribution in [0.15, 0.2) is 97.0 Å². The summed E-state index contributed by atoms with van der Waals surface area (Å²) in [4.78, 5) is 31.2. The predicted octanol–water partition coefficient (Wildman–Crippen LogP) is 8.56. The minimum absolute atomic E-state index is 0.0811. The molecule has 0 saturated heterocycles. The lowest BCUT2D eigenvalue weighted by atomic mass is 9.88. The molecule has 0 atom stereocenters. The van der Waals surface area contributed by atoms with Gasteiger partial charge in [-0.2, -0.15) is 9.78 Å². The van der Waals surface area contributed by atoms with E-state index in [2.05, 4.69) is 52.5 Å². The fourth-order valence-corrected chi connectivity index (χ4v) is 6.95. The Bertz CT molecular complexity index is 1910. The van der Waals surface area contributed by atoms with Gasteiger partial charge in [0.1, 0.15) is 5.82 Å². The Hall–Kier alpha value is -4.02. The molecule has 8 nitrogen and oxygen atoms in total. The van der Waals surface area contributed by atoms with E-state index in [0.29, 0.717) is 10.9 Å². The number of non-ortho nitro benzene ring substituents is 1. The van der Waals surface area contributed by atoms with Crippen molar-refractivity contribution in [1.29, 1.82) is 0 Å². The van der Waals surface area contributed by atoms with Crippen molar-refractivity contribution in [3.8, 4) is 5.69 Å². The van der Waals surface area contributed by atoms with Crippen molar-refractivity contribution in [2.45, 2.75) is 61.7 Å². The van der Waals surface area contributed by atoms with E-state index >= 15 is 0 Å². The van der Waals surface area contributed by atoms with Crippen molar-refractivity contribution < 1.29 is 4.92 Å². The highest BCUT2D eigenvalue weighted by Crippen LogP contribution is 2.33. The fourth-order valence-electron chi connectivity index (χ4n) is 5.77. The standard InChI is InChI=1S/C33H30BrN5O3S/c1-21-18-24(22(2)37(21)26-9-13-28(14-10-26)43-29-15-11-27(12-16-29)39(41)42)20-35-38-32(23-6-4-3-5-7-23)36-31-17-8-25(34)19-30(31)33(38)40/h8-20,23H,3-7H2,1-2H3. The number of nitro groups is 1. The molecule has 1 fully saturated rings. The second kappa shape index (κ2) is 12.3. The molecule has 0 radical (unpaired) electrons. The third kappa shape index (κ3) is 6.07. The van der Waals surface area contributed by atoms with E-state index < -0.39 is 4.92 Å². The molecular weight excluding hydrogens is 626 g/mol. The molecule has 0 bridgehead atoms. The predicted molar refractivity (Wildman–Crippen MR) is 175 cm³/mol. The van der Waals surface area contributed by atoms with Crippen molar-refractivity contribution in [3.05, 3.63) is 121 Å². The number of halogens is 1. The van der Waals surface area contributed by atoms with Gasteiger partial charge in [-0.1, -0.05) is 47.0 Å². The van der Waals surface area contributed by atoms with Gasteiger partial charge < -0.3 is 4.57 Å². The van der Waals surface area contributed by atoms with Crippen LogP contribution in [0.1, 0.15) is 60.8 Å². The second-order valence-electron chi connectivity index (χ2n) is 10.8. The van der Waals surface area contributed by atoms with Crippen LogP contribution in [0.4, 0.5) is 5.69 Å². The maximum atomic E-state index is 13.7. The third-order valence-electron chi connectivity index (χ3n) is 7.96. The lowest BCUT2D eigenvalue weighted by Gasteiger charge is -2.22. The maximum absolute atomic E-state index is 13.7. The molecule has 0 amide bonds. The average Bonchev–Trinajstić information content (AvgIpc) is 3.30. The monoisotopic (exact) mass is 655 g/mol. The molecule has 2 heterocycles. The zero-order valence-electron chi connectivity index (χ0n) is 23.9. The molecule has 1 aliphatic carbocycles. The molecule has 1 saturated carbocycles. The second-order valence-corrected chi connectivity index (χ2v) is 12.9. The number of rotatable bonds is 7. The highest BCUT2D eigenvalue weighted by molar-refractivity contribution is 9.10. The number of fused-ring (bicyclic) bond motifs is 1. The van der Waals surface area contributed by atoms with E-state index in [-0.39, 0.29) is 17.2 Å². The van der Waals surface area contributed by atoms with Gasteiger partial charge in [-0.25, -0.2) is 4.98 Å². The molecule has 0 aliphatic heterocycles. The van der Waals surface area contributed by atoms with Gasteiger partial charge in [0.2, 0.25) is 0 Å². The van der Waals surface area contributed by atoms with Crippen molar-refractivity contribution in [3.63, 3.8) is 0 Å². The summed E-state index contributed by atoms with van der Waals surface area (Å²) < 4.78 is 4.52. The number of nitrogens with zero attached hydrogens (tertiary/aromatic N) is 5. The van der Waals surface area contributed by atoms with Crippen LogP contribution in [0.5, 0.6) is 0 Å². The Balaban J connectivity index is 1.30. The smallest absolute Gasteiger partial charge is 0.282 e. The summed E-state index contributed by atoms with van der Waals surface area (Å²) in [5, 5.41) is 16.2. The highest BCUT2D eigenvalue weighted by atomic mass is 79.9. The van der Waals surface area contributed by atoms with Crippen LogP contribution >= 0.6 is 27.7 Å². The first-order chi connectivity index (χ1) is 20.8. The van der Waals surface area contributed by atoms with Gasteiger partial charge in [0.05, 0.1) is 22.0 Å². The number of hydrogen-bond donors (Lipinski definition) is 0. The van der Waals surface area contributed by atoms with Gasteiger partial charge in [-0.15, -0.1) is 0 Å². The van der Waals surface area contributed by atoms with Gasteiger partial charge >= 0.3 is 0 Å². The first kappa shape index (κ1) is 29.1. The van der Waals surface area contributed by atoms with Crippen LogP contribution in [0, 0.1) is 24.0 Å². The van der Waals surface area contributed by atoms with E-state index in [1.807, 2.05) is 30.3 Å². The van der Waals surface area contributed by atoms with E-state index in [4.69, 9.17) is 10.1 Å². The SMILES string of the molecule is Cc1cc(C=Nn2c(C3CCCCC3)nc3ccc(Br)cc3c2=O)c(C)n1-c1ccc(Sc2ccc([N+](=O)[O-])cc2)cc1. The van der Waals surface area contributed by atoms with Crippen LogP contribution in [-0.2, 0) is 0 Å². The van der Waals surface area contributed by atoms with Crippen LogP contribution in [0.2, 0.25) is 0 Å². The summed E-state index contributed by atoms with van der Waals surface area (Å²) in [5.41, 5.74) is 4.64. The highest BCUT2D eigenvalue weighted by Gasteiger charge is 2.23. The zero-order valence-corrected chi connectivity index (χ0v) is 26.3. The Morgan fingerprint density at radius 2 is 1.65 bits per heavy atom. The van der Waals surface area contributed by atoms with Gasteiger partial charge in [0, 0.05) is 55.0 Å². The van der Waals surface area contributed by atoms with E-state index in [1.165, 1.54) is 23.2 Å². The summed E-state index contributed by atoms with van der Waals surface area (Å²) >= 11 is 5.04. The lowest BCUT2D eigenvalue weighted by molar-refractivity contribution is -0.384. The summed E-state index contributed by atoms with van der Waals surface area (Å²) in [7, 11) is 0. The molecule has 2 aromatic heterocycles. The Morgan fingerprint density at radius 1 is 0.977 bits per heavy atom. The Labute approximate surface area is 261 Å². The maximum Gasteiger partial charge on any atom is 0.282 e. The zero-order chi connectivity index (χ0) is 30.1. The number of nitro benzene ring substituents is 1. The van der Waals surface area contributed by atoms with Crippen molar-refractivity contribution >= 4 is 50.5 Å².